The fraction of sp³-hybridized carbons (Fsp3) is 0.154. The molecule has 3 aliphatic rings. The van der Waals surface area contributed by atoms with Crippen LogP contribution in [0.15, 0.2) is 93.4 Å². The highest BCUT2D eigenvalue weighted by Crippen LogP contribution is 2.49. The van der Waals surface area contributed by atoms with Crippen molar-refractivity contribution < 1.29 is 23.4 Å². The maximum Gasteiger partial charge on any atom is 0.344 e. The van der Waals surface area contributed by atoms with Crippen LogP contribution < -0.4 is 15.1 Å². The number of allylic oxidation sites excluding steroid dienone is 2. The Bertz CT molecular complexity index is 1410. The van der Waals surface area contributed by atoms with E-state index in [4.69, 9.17) is 18.6 Å². The van der Waals surface area contributed by atoms with Gasteiger partial charge in [-0.2, -0.15) is 0 Å². The van der Waals surface area contributed by atoms with Gasteiger partial charge in [0.05, 0.1) is 35.5 Å². The topological polar surface area (TPSA) is 75.0 Å². The number of hydrogen-bond acceptors (Lipinski definition) is 6. The molecule has 0 unspecified atom stereocenters. The average molecular weight is 426 g/mol. The Balaban J connectivity index is 1.66. The van der Waals surface area contributed by atoms with Crippen LogP contribution in [-0.2, 0) is 9.53 Å². The molecule has 0 saturated heterocycles. The number of benzene rings is 2. The first-order chi connectivity index (χ1) is 15.7. The van der Waals surface area contributed by atoms with E-state index in [1.54, 1.807) is 31.4 Å². The molecule has 158 valence electrons. The van der Waals surface area contributed by atoms with Crippen molar-refractivity contribution in [2.45, 2.75) is 12.0 Å². The number of carbonyl (C=O) groups excluding carboxylic acids is 1. The first-order valence-corrected chi connectivity index (χ1v) is 10.3. The van der Waals surface area contributed by atoms with E-state index in [0.717, 1.165) is 5.56 Å². The predicted molar refractivity (Wildman–Crippen MR) is 117 cm³/mol. The van der Waals surface area contributed by atoms with E-state index in [0.29, 0.717) is 39.4 Å². The molecule has 3 heterocycles. The second-order valence-corrected chi connectivity index (χ2v) is 7.88. The quantitative estimate of drug-likeness (QED) is 0.451. The van der Waals surface area contributed by atoms with Crippen molar-refractivity contribution in [1.29, 1.82) is 0 Å². The van der Waals surface area contributed by atoms with Gasteiger partial charge in [0.2, 0.25) is 0 Å². The van der Waals surface area contributed by atoms with Crippen molar-refractivity contribution in [2.24, 2.45) is 5.92 Å². The van der Waals surface area contributed by atoms with E-state index in [1.165, 1.54) is 0 Å². The Morgan fingerprint density at radius 2 is 1.72 bits per heavy atom. The zero-order valence-electron chi connectivity index (χ0n) is 17.1. The Morgan fingerprint density at radius 1 is 0.938 bits per heavy atom. The van der Waals surface area contributed by atoms with Crippen molar-refractivity contribution in [3.05, 3.63) is 106 Å². The molecular weight excluding hydrogens is 408 g/mol. The lowest BCUT2D eigenvalue weighted by Gasteiger charge is -2.38. The summed E-state index contributed by atoms with van der Waals surface area (Å²) in [6.07, 6.45) is 7.10. The number of ether oxygens (including phenoxy) is 3. The minimum Gasteiger partial charge on any atom is -0.497 e. The molecule has 32 heavy (non-hydrogen) atoms. The van der Waals surface area contributed by atoms with Crippen LogP contribution in [0.1, 0.15) is 17.0 Å². The second-order valence-electron chi connectivity index (χ2n) is 7.88. The molecule has 3 aromatic rings. The number of hydrogen-bond donors (Lipinski definition) is 0. The first kappa shape index (κ1) is 18.7. The molecule has 0 spiro atoms. The van der Waals surface area contributed by atoms with Gasteiger partial charge in [-0.1, -0.05) is 42.5 Å². The number of rotatable bonds is 2. The molecule has 2 aromatic carbocycles. The van der Waals surface area contributed by atoms with Crippen LogP contribution in [0.25, 0.3) is 11.0 Å². The summed E-state index contributed by atoms with van der Waals surface area (Å²) >= 11 is 0. The maximum atomic E-state index is 13.2. The standard InChI is InChI=1S/C26H18O6/c1-29-15-12-10-14(11-13-15)20-21-23(16-6-2-4-8-18(16)30-25(21)27)32-24-17-7-3-5-9-19(17)31-26(28)22(20)24/h2-13,16,18,20H,1H3/t16-,18+,20-/m0/s1. The van der Waals surface area contributed by atoms with E-state index in [2.05, 4.69) is 0 Å². The number of methoxy groups -OCH3 is 1. The fourth-order valence-corrected chi connectivity index (χ4v) is 4.67. The summed E-state index contributed by atoms with van der Waals surface area (Å²) in [7, 11) is 1.59. The van der Waals surface area contributed by atoms with Crippen LogP contribution in [0.2, 0.25) is 0 Å². The zero-order chi connectivity index (χ0) is 21.8. The second kappa shape index (κ2) is 6.99. The van der Waals surface area contributed by atoms with Crippen molar-refractivity contribution in [1.82, 2.24) is 0 Å². The molecule has 6 heteroatoms. The van der Waals surface area contributed by atoms with Crippen LogP contribution in [0.3, 0.4) is 0 Å². The summed E-state index contributed by atoms with van der Waals surface area (Å²) in [5.41, 5.74) is 1.25. The monoisotopic (exact) mass is 426 g/mol. The number of para-hydroxylation sites is 1. The van der Waals surface area contributed by atoms with Gasteiger partial charge in [-0.05, 0) is 35.9 Å². The van der Waals surface area contributed by atoms with Gasteiger partial charge in [0.25, 0.3) is 0 Å². The third-order valence-corrected chi connectivity index (χ3v) is 6.15. The van der Waals surface area contributed by atoms with Crippen LogP contribution in [-0.4, -0.2) is 19.2 Å². The molecule has 6 nitrogen and oxygen atoms in total. The Hall–Kier alpha value is -4.06. The van der Waals surface area contributed by atoms with Gasteiger partial charge in [0.15, 0.2) is 0 Å². The molecule has 0 saturated carbocycles. The van der Waals surface area contributed by atoms with E-state index >= 15 is 0 Å². The molecule has 0 N–H and O–H groups in total. The van der Waals surface area contributed by atoms with Crippen molar-refractivity contribution >= 4 is 16.9 Å². The van der Waals surface area contributed by atoms with E-state index < -0.39 is 23.6 Å². The Morgan fingerprint density at radius 3 is 2.53 bits per heavy atom. The van der Waals surface area contributed by atoms with Gasteiger partial charge in [-0.15, -0.1) is 0 Å². The van der Waals surface area contributed by atoms with Gasteiger partial charge in [-0.3, -0.25) is 0 Å². The molecule has 2 aliphatic heterocycles. The summed E-state index contributed by atoms with van der Waals surface area (Å²) in [6, 6.07) is 14.5. The third kappa shape index (κ3) is 2.66. The largest absolute Gasteiger partial charge is 0.497 e. The van der Waals surface area contributed by atoms with Gasteiger partial charge in [0, 0.05) is 0 Å². The molecule has 1 aromatic heterocycles. The zero-order valence-corrected chi connectivity index (χ0v) is 17.1. The molecule has 0 amide bonds. The van der Waals surface area contributed by atoms with Crippen molar-refractivity contribution in [3.8, 4) is 11.5 Å². The SMILES string of the molecule is COc1ccc([C@H]2C3=C(Oc4c2c(=O)oc2ccccc42)[C@H]2C=CC=C[C@H]2OC3=O)cc1. The summed E-state index contributed by atoms with van der Waals surface area (Å²) < 4.78 is 23.0. The maximum absolute atomic E-state index is 13.2. The van der Waals surface area contributed by atoms with E-state index in [-0.39, 0.29) is 5.92 Å². The highest BCUT2D eigenvalue weighted by molar-refractivity contribution is 5.96. The highest BCUT2D eigenvalue weighted by atomic mass is 16.6. The van der Waals surface area contributed by atoms with Gasteiger partial charge in [0.1, 0.15) is 28.9 Å². The van der Waals surface area contributed by atoms with E-state index in [1.807, 2.05) is 48.6 Å². The molecule has 1 aliphatic carbocycles. The lowest BCUT2D eigenvalue weighted by molar-refractivity contribution is -0.146. The minimum atomic E-state index is -0.687. The number of carbonyl (C=O) groups is 1. The fourth-order valence-electron chi connectivity index (χ4n) is 4.67. The lowest BCUT2D eigenvalue weighted by Crippen LogP contribution is -2.40. The minimum absolute atomic E-state index is 0.271. The molecule has 0 fully saturated rings. The van der Waals surface area contributed by atoms with Gasteiger partial charge in [-0.25, -0.2) is 9.59 Å². The first-order valence-electron chi connectivity index (χ1n) is 10.3. The summed E-state index contributed by atoms with van der Waals surface area (Å²) in [4.78, 5) is 26.4. The number of fused-ring (bicyclic) bond motifs is 5. The Labute approximate surface area is 183 Å². The smallest absolute Gasteiger partial charge is 0.344 e. The summed E-state index contributed by atoms with van der Waals surface area (Å²) in [6.45, 7) is 0. The van der Waals surface area contributed by atoms with Crippen molar-refractivity contribution in [2.75, 3.05) is 7.11 Å². The van der Waals surface area contributed by atoms with Crippen LogP contribution >= 0.6 is 0 Å². The van der Waals surface area contributed by atoms with Crippen LogP contribution in [0, 0.1) is 5.92 Å². The van der Waals surface area contributed by atoms with Gasteiger partial charge < -0.3 is 18.6 Å². The molecular formula is C26H18O6. The molecule has 0 bridgehead atoms. The van der Waals surface area contributed by atoms with Crippen molar-refractivity contribution in [3.63, 3.8) is 0 Å². The predicted octanol–water partition coefficient (Wildman–Crippen LogP) is 4.25. The normalized spacial score (nSPS) is 23.2. The van der Waals surface area contributed by atoms with E-state index in [9.17, 15) is 9.59 Å². The average Bonchev–Trinajstić information content (AvgIpc) is 2.83. The molecule has 6 rings (SSSR count). The third-order valence-electron chi connectivity index (χ3n) is 6.15. The highest BCUT2D eigenvalue weighted by Gasteiger charge is 2.47. The number of esters is 1. The van der Waals surface area contributed by atoms with Crippen LogP contribution in [0.4, 0.5) is 0 Å². The summed E-state index contributed by atoms with van der Waals surface area (Å²) in [5, 5.41) is 0.679. The lowest BCUT2D eigenvalue weighted by atomic mass is 9.78. The van der Waals surface area contributed by atoms with Crippen LogP contribution in [0.5, 0.6) is 11.5 Å². The molecule has 0 radical (unpaired) electrons. The summed E-state index contributed by atoms with van der Waals surface area (Å²) in [5.74, 6) is 0.150. The molecule has 3 atom stereocenters. The van der Waals surface area contributed by atoms with Gasteiger partial charge >= 0.3 is 11.6 Å². The Kier molecular flexibility index (Phi) is 4.08.